The molecule has 1 N–H and O–H groups in total. The molecule has 0 fully saturated rings. The lowest BCUT2D eigenvalue weighted by atomic mass is 10.2. The molecule has 0 atom stereocenters. The third-order valence-electron chi connectivity index (χ3n) is 2.99. The summed E-state index contributed by atoms with van der Waals surface area (Å²) in [6, 6.07) is 8.04. The Balaban J connectivity index is 2.06. The predicted octanol–water partition coefficient (Wildman–Crippen LogP) is 2.01. The van der Waals surface area contributed by atoms with Crippen LogP contribution in [0.25, 0.3) is 0 Å². The Hall–Kier alpha value is -2.68. The number of benzene rings is 1. The molecule has 1 aromatic heterocycles. The zero-order chi connectivity index (χ0) is 17.0. The Morgan fingerprint density at radius 3 is 2.39 bits per heavy atom. The molecule has 8 nitrogen and oxygen atoms in total. The van der Waals surface area contributed by atoms with E-state index < -0.39 is 26.6 Å². The average molecular weight is 338 g/mol. The number of nitro benzene ring substituents is 1. The van der Waals surface area contributed by atoms with Crippen molar-refractivity contribution in [3.8, 4) is 0 Å². The van der Waals surface area contributed by atoms with E-state index >= 15 is 0 Å². The molecule has 2 rings (SSSR count). The fourth-order valence-corrected chi connectivity index (χ4v) is 2.94. The first kappa shape index (κ1) is 16.7. The maximum atomic E-state index is 12.0. The van der Waals surface area contributed by atoms with Crippen LogP contribution in [-0.4, -0.2) is 19.2 Å². The predicted molar refractivity (Wildman–Crippen MR) is 81.3 cm³/mol. The first-order chi connectivity index (χ1) is 10.8. The Bertz CT molecular complexity index is 823. The number of aryl methyl sites for hydroxylation is 1. The number of hydrogen-bond acceptors (Lipinski definition) is 6. The molecule has 0 saturated heterocycles. The second kappa shape index (κ2) is 6.61. The van der Waals surface area contributed by atoms with Gasteiger partial charge in [-0.15, -0.1) is 0 Å². The summed E-state index contributed by atoms with van der Waals surface area (Å²) in [5.74, 6) is -0.846. The first-order valence-electron chi connectivity index (χ1n) is 6.67. The summed E-state index contributed by atoms with van der Waals surface area (Å²) in [6.07, 6.45) is 0.586. The first-order valence-corrected chi connectivity index (χ1v) is 8.33. The summed E-state index contributed by atoms with van der Waals surface area (Å²) in [6.45, 7) is 1.84. The zero-order valence-electron chi connectivity index (χ0n) is 12.2. The van der Waals surface area contributed by atoms with Crippen LogP contribution in [0.3, 0.4) is 0 Å². The second-order valence-corrected chi connectivity index (χ2v) is 6.46. The minimum atomic E-state index is -3.94. The molecular weight excluding hydrogens is 324 g/mol. The molecule has 0 spiro atoms. The Kier molecular flexibility index (Phi) is 4.80. The van der Waals surface area contributed by atoms with Gasteiger partial charge >= 0.3 is 0 Å². The number of amides is 1. The second-order valence-electron chi connectivity index (χ2n) is 4.73. The number of furan rings is 1. The quantitative estimate of drug-likeness (QED) is 0.635. The lowest BCUT2D eigenvalue weighted by molar-refractivity contribution is -0.384. The van der Waals surface area contributed by atoms with Crippen LogP contribution in [0.1, 0.15) is 28.8 Å². The number of nitro groups is 1. The monoisotopic (exact) mass is 338 g/mol. The third kappa shape index (κ3) is 4.39. The third-order valence-corrected chi connectivity index (χ3v) is 4.20. The average Bonchev–Trinajstić information content (AvgIpc) is 2.96. The lowest BCUT2D eigenvalue weighted by Gasteiger charge is -2.05. The molecule has 1 amide bonds. The normalized spacial score (nSPS) is 11.2. The van der Waals surface area contributed by atoms with Crippen LogP contribution < -0.4 is 4.72 Å². The van der Waals surface area contributed by atoms with Crippen molar-refractivity contribution in [3.05, 3.63) is 63.6 Å². The molecule has 1 aromatic carbocycles. The number of non-ortho nitro benzene ring substituents is 1. The van der Waals surface area contributed by atoms with E-state index in [1.54, 1.807) is 6.07 Å². The van der Waals surface area contributed by atoms with Crippen molar-refractivity contribution in [2.75, 3.05) is 0 Å². The number of sulfonamides is 1. The highest BCUT2D eigenvalue weighted by Gasteiger charge is 2.19. The van der Waals surface area contributed by atoms with E-state index in [1.165, 1.54) is 30.3 Å². The van der Waals surface area contributed by atoms with Gasteiger partial charge in [0.25, 0.3) is 11.6 Å². The van der Waals surface area contributed by atoms with Crippen molar-refractivity contribution >= 4 is 21.6 Å². The number of carbonyl (C=O) groups excluding carboxylic acids is 1. The van der Waals surface area contributed by atoms with Crippen LogP contribution in [0, 0.1) is 10.1 Å². The molecule has 2 aromatic rings. The molecule has 9 heteroatoms. The number of rotatable bonds is 6. The van der Waals surface area contributed by atoms with E-state index in [9.17, 15) is 23.3 Å². The molecule has 0 bridgehead atoms. The van der Waals surface area contributed by atoms with Crippen molar-refractivity contribution in [2.45, 2.75) is 19.1 Å². The molecule has 0 radical (unpaired) electrons. The largest absolute Gasteiger partial charge is 0.456 e. The summed E-state index contributed by atoms with van der Waals surface area (Å²) in [4.78, 5) is 21.8. The molecule has 122 valence electrons. The van der Waals surface area contributed by atoms with Crippen molar-refractivity contribution in [1.29, 1.82) is 0 Å². The van der Waals surface area contributed by atoms with Crippen molar-refractivity contribution in [3.63, 3.8) is 0 Å². The Labute approximate surface area is 132 Å². The highest BCUT2D eigenvalue weighted by molar-refractivity contribution is 7.89. The fraction of sp³-hybridized carbons (Fsp3) is 0.214. The van der Waals surface area contributed by atoms with Gasteiger partial charge in [-0.1, -0.05) is 19.1 Å². The summed E-state index contributed by atoms with van der Waals surface area (Å²) < 4.78 is 31.0. The SMILES string of the molecule is CCc1ccc(C(=O)NS(=O)(=O)Cc2ccc([N+](=O)[O-])cc2)o1. The summed E-state index contributed by atoms with van der Waals surface area (Å²) >= 11 is 0. The smallest absolute Gasteiger partial charge is 0.300 e. The van der Waals surface area contributed by atoms with E-state index in [0.29, 0.717) is 17.7 Å². The fourth-order valence-electron chi connectivity index (χ4n) is 1.85. The van der Waals surface area contributed by atoms with Crippen LogP contribution >= 0.6 is 0 Å². The summed E-state index contributed by atoms with van der Waals surface area (Å²) in [5.41, 5.74) is 0.183. The molecule has 0 unspecified atom stereocenters. The van der Waals surface area contributed by atoms with Gasteiger partial charge in [0.05, 0.1) is 10.7 Å². The Morgan fingerprint density at radius 1 is 1.22 bits per heavy atom. The van der Waals surface area contributed by atoms with E-state index in [2.05, 4.69) is 0 Å². The highest BCUT2D eigenvalue weighted by Crippen LogP contribution is 2.14. The number of hydrogen-bond donors (Lipinski definition) is 1. The van der Waals surface area contributed by atoms with E-state index in [1.807, 2.05) is 11.6 Å². The number of nitrogens with one attached hydrogen (secondary N) is 1. The molecule has 0 aliphatic rings. The lowest BCUT2D eigenvalue weighted by Crippen LogP contribution is -2.31. The van der Waals surface area contributed by atoms with Crippen LogP contribution in [0.5, 0.6) is 0 Å². The van der Waals surface area contributed by atoms with E-state index in [0.717, 1.165) is 0 Å². The topological polar surface area (TPSA) is 120 Å². The summed E-state index contributed by atoms with van der Waals surface area (Å²) in [7, 11) is -3.94. The zero-order valence-corrected chi connectivity index (χ0v) is 13.0. The van der Waals surface area contributed by atoms with Crippen LogP contribution in [0.2, 0.25) is 0 Å². The van der Waals surface area contributed by atoms with Crippen molar-refractivity contribution in [2.24, 2.45) is 0 Å². The minimum absolute atomic E-state index is 0.0888. The maximum Gasteiger partial charge on any atom is 0.300 e. The standard InChI is InChI=1S/C14H14N2O6S/c1-2-12-7-8-13(22-12)14(17)15-23(20,21)9-10-3-5-11(6-4-10)16(18)19/h3-8H,2,9H2,1H3,(H,15,17). The van der Waals surface area contributed by atoms with Crippen LogP contribution in [0.4, 0.5) is 5.69 Å². The van der Waals surface area contributed by atoms with E-state index in [4.69, 9.17) is 4.42 Å². The van der Waals surface area contributed by atoms with Crippen molar-refractivity contribution < 1.29 is 22.6 Å². The van der Waals surface area contributed by atoms with Gasteiger partial charge < -0.3 is 4.42 Å². The Morgan fingerprint density at radius 2 is 1.87 bits per heavy atom. The van der Waals surface area contributed by atoms with Gasteiger partial charge in [0.15, 0.2) is 5.76 Å². The summed E-state index contributed by atoms with van der Waals surface area (Å²) in [5, 5.41) is 10.5. The van der Waals surface area contributed by atoms with Crippen LogP contribution in [-0.2, 0) is 22.2 Å². The van der Waals surface area contributed by atoms with Gasteiger partial charge in [-0.2, -0.15) is 0 Å². The molecule has 0 saturated carbocycles. The highest BCUT2D eigenvalue weighted by atomic mass is 32.2. The van der Waals surface area contributed by atoms with Gasteiger partial charge in [-0.3, -0.25) is 14.9 Å². The van der Waals surface area contributed by atoms with Gasteiger partial charge in [0.2, 0.25) is 10.0 Å². The molecule has 0 aliphatic heterocycles. The molecule has 23 heavy (non-hydrogen) atoms. The molecule has 1 heterocycles. The van der Waals surface area contributed by atoms with Gasteiger partial charge in [0.1, 0.15) is 5.76 Å². The van der Waals surface area contributed by atoms with Gasteiger partial charge in [-0.05, 0) is 17.7 Å². The maximum absolute atomic E-state index is 12.0. The number of nitrogens with zero attached hydrogens (tertiary/aromatic N) is 1. The van der Waals surface area contributed by atoms with E-state index in [-0.39, 0.29) is 11.4 Å². The van der Waals surface area contributed by atoms with Crippen LogP contribution in [0.15, 0.2) is 40.8 Å². The number of carbonyl (C=O) groups is 1. The minimum Gasteiger partial charge on any atom is -0.456 e. The van der Waals surface area contributed by atoms with Crippen molar-refractivity contribution in [1.82, 2.24) is 4.72 Å². The van der Waals surface area contributed by atoms with Gasteiger partial charge in [-0.25, -0.2) is 13.1 Å². The molecule has 0 aliphatic carbocycles. The van der Waals surface area contributed by atoms with Gasteiger partial charge in [0, 0.05) is 18.6 Å². The molecular formula is C14H14N2O6S.